The van der Waals surface area contributed by atoms with Gasteiger partial charge in [-0.2, -0.15) is 0 Å². The van der Waals surface area contributed by atoms with Crippen molar-refractivity contribution in [2.45, 2.75) is 26.7 Å². The summed E-state index contributed by atoms with van der Waals surface area (Å²) in [4.78, 5) is 0. The summed E-state index contributed by atoms with van der Waals surface area (Å²) in [5, 5.41) is 1.11. The fourth-order valence-corrected chi connectivity index (χ4v) is 1.90. The Labute approximate surface area is 72.8 Å². The van der Waals surface area contributed by atoms with Crippen LogP contribution in [0.1, 0.15) is 26.7 Å². The highest BCUT2D eigenvalue weighted by molar-refractivity contribution is 9.09. The molecular formula is C9H17Br. The van der Waals surface area contributed by atoms with Crippen molar-refractivity contribution in [2.75, 3.05) is 5.33 Å². The van der Waals surface area contributed by atoms with Gasteiger partial charge in [0.05, 0.1) is 0 Å². The van der Waals surface area contributed by atoms with E-state index in [1.165, 1.54) is 6.42 Å². The molecule has 0 radical (unpaired) electrons. The number of rotatable bonds is 5. The minimum Gasteiger partial charge on any atom is -0.103 e. The van der Waals surface area contributed by atoms with E-state index in [4.69, 9.17) is 0 Å². The summed E-state index contributed by atoms with van der Waals surface area (Å²) in [7, 11) is 0. The van der Waals surface area contributed by atoms with Crippen molar-refractivity contribution in [2.24, 2.45) is 11.8 Å². The van der Waals surface area contributed by atoms with Gasteiger partial charge in [-0.3, -0.25) is 0 Å². The maximum atomic E-state index is 3.74. The third kappa shape index (κ3) is 3.40. The fourth-order valence-electron chi connectivity index (χ4n) is 0.995. The molecule has 0 aromatic heterocycles. The summed E-state index contributed by atoms with van der Waals surface area (Å²) in [6.07, 6.45) is 4.42. The van der Waals surface area contributed by atoms with Crippen LogP contribution in [-0.2, 0) is 0 Å². The number of hydrogen-bond donors (Lipinski definition) is 0. The van der Waals surface area contributed by atoms with Gasteiger partial charge in [0.1, 0.15) is 0 Å². The molecule has 0 aromatic rings. The Kier molecular flexibility index (Phi) is 6.10. The lowest BCUT2D eigenvalue weighted by Crippen LogP contribution is -2.11. The van der Waals surface area contributed by atoms with Gasteiger partial charge in [0.2, 0.25) is 0 Å². The van der Waals surface area contributed by atoms with Crippen molar-refractivity contribution in [1.29, 1.82) is 0 Å². The molecule has 0 amide bonds. The van der Waals surface area contributed by atoms with Crippen molar-refractivity contribution in [3.63, 3.8) is 0 Å². The van der Waals surface area contributed by atoms with Gasteiger partial charge in [-0.05, 0) is 18.3 Å². The molecule has 0 aliphatic rings. The zero-order valence-corrected chi connectivity index (χ0v) is 8.52. The normalized spacial score (nSPS) is 16.3. The van der Waals surface area contributed by atoms with Crippen LogP contribution in [0.2, 0.25) is 0 Å². The number of hydrogen-bond acceptors (Lipinski definition) is 0. The van der Waals surface area contributed by atoms with Crippen LogP contribution in [0.25, 0.3) is 0 Å². The molecule has 0 aliphatic heterocycles. The largest absolute Gasteiger partial charge is 0.103 e. The molecule has 2 unspecified atom stereocenters. The monoisotopic (exact) mass is 204 g/mol. The molecule has 0 N–H and O–H groups in total. The summed E-state index contributed by atoms with van der Waals surface area (Å²) in [5.74, 6) is 1.60. The summed E-state index contributed by atoms with van der Waals surface area (Å²) in [6.45, 7) is 8.28. The molecule has 60 valence electrons. The van der Waals surface area contributed by atoms with Crippen molar-refractivity contribution >= 4 is 15.9 Å². The first-order valence-corrected chi connectivity index (χ1v) is 5.05. The molecule has 0 aliphatic carbocycles. The Morgan fingerprint density at radius 1 is 1.60 bits per heavy atom. The van der Waals surface area contributed by atoms with Gasteiger partial charge in [-0.15, -0.1) is 6.58 Å². The first kappa shape index (κ1) is 10.2. The van der Waals surface area contributed by atoms with E-state index in [-0.39, 0.29) is 0 Å². The Morgan fingerprint density at radius 3 is 2.50 bits per heavy atom. The van der Waals surface area contributed by atoms with E-state index in [1.54, 1.807) is 0 Å². The zero-order chi connectivity index (χ0) is 7.98. The van der Waals surface area contributed by atoms with Crippen molar-refractivity contribution in [3.05, 3.63) is 12.7 Å². The number of allylic oxidation sites excluding steroid dienone is 1. The van der Waals surface area contributed by atoms with Crippen LogP contribution in [0.4, 0.5) is 0 Å². The molecule has 0 nitrogen and oxygen atoms in total. The van der Waals surface area contributed by atoms with Gasteiger partial charge in [-0.1, -0.05) is 42.3 Å². The predicted octanol–water partition coefficient (Wildman–Crippen LogP) is 3.62. The highest BCUT2D eigenvalue weighted by Gasteiger charge is 2.11. The van der Waals surface area contributed by atoms with Gasteiger partial charge < -0.3 is 0 Å². The van der Waals surface area contributed by atoms with E-state index in [0.717, 1.165) is 23.6 Å². The van der Waals surface area contributed by atoms with Crippen LogP contribution < -0.4 is 0 Å². The van der Waals surface area contributed by atoms with Crippen LogP contribution in [0, 0.1) is 11.8 Å². The molecule has 0 fully saturated rings. The number of halogens is 1. The van der Waals surface area contributed by atoms with E-state index in [0.29, 0.717) is 0 Å². The highest BCUT2D eigenvalue weighted by Crippen LogP contribution is 2.20. The van der Waals surface area contributed by atoms with Gasteiger partial charge in [0.15, 0.2) is 0 Å². The quantitative estimate of drug-likeness (QED) is 0.475. The molecule has 10 heavy (non-hydrogen) atoms. The number of alkyl halides is 1. The smallest absolute Gasteiger partial charge is 0.00651 e. The molecule has 0 rings (SSSR count). The summed E-state index contributed by atoms with van der Waals surface area (Å²) in [6, 6.07) is 0. The second-order valence-corrected chi connectivity index (χ2v) is 3.47. The summed E-state index contributed by atoms with van der Waals surface area (Å²) in [5.41, 5.74) is 0. The minimum atomic E-state index is 0.780. The van der Waals surface area contributed by atoms with Crippen molar-refractivity contribution in [1.82, 2.24) is 0 Å². The first-order valence-electron chi connectivity index (χ1n) is 3.93. The molecular weight excluding hydrogens is 188 g/mol. The van der Waals surface area contributed by atoms with E-state index >= 15 is 0 Å². The van der Waals surface area contributed by atoms with Crippen molar-refractivity contribution in [3.8, 4) is 0 Å². The van der Waals surface area contributed by atoms with Gasteiger partial charge in [-0.25, -0.2) is 0 Å². The Morgan fingerprint density at radius 2 is 2.20 bits per heavy atom. The lowest BCUT2D eigenvalue weighted by Gasteiger charge is -2.18. The lowest BCUT2D eigenvalue weighted by molar-refractivity contribution is 0.389. The van der Waals surface area contributed by atoms with Gasteiger partial charge in [0, 0.05) is 5.33 Å². The molecule has 0 saturated heterocycles. The van der Waals surface area contributed by atoms with Crippen LogP contribution in [0.3, 0.4) is 0 Å². The molecule has 0 aromatic carbocycles. The SMILES string of the molecule is C=CCC(CBr)C(C)CC. The topological polar surface area (TPSA) is 0 Å². The maximum absolute atomic E-state index is 3.74. The van der Waals surface area contributed by atoms with E-state index in [2.05, 4.69) is 36.4 Å². The second-order valence-electron chi connectivity index (χ2n) is 2.82. The second kappa shape index (κ2) is 5.96. The molecule has 0 heterocycles. The fraction of sp³-hybridized carbons (Fsp3) is 0.778. The molecule has 0 spiro atoms. The standard InChI is InChI=1S/C9H17Br/c1-4-6-9(7-10)8(3)5-2/h4,8-9H,1,5-7H2,2-3H3. The van der Waals surface area contributed by atoms with E-state index in [9.17, 15) is 0 Å². The van der Waals surface area contributed by atoms with Gasteiger partial charge >= 0.3 is 0 Å². The Balaban J connectivity index is 3.67. The molecule has 0 saturated carbocycles. The molecule has 0 bridgehead atoms. The third-order valence-corrected chi connectivity index (χ3v) is 2.95. The maximum Gasteiger partial charge on any atom is 0.00651 e. The van der Waals surface area contributed by atoms with Gasteiger partial charge in [0.25, 0.3) is 0 Å². The predicted molar refractivity (Wildman–Crippen MR) is 51.6 cm³/mol. The molecule has 2 atom stereocenters. The van der Waals surface area contributed by atoms with Crippen LogP contribution in [0.5, 0.6) is 0 Å². The van der Waals surface area contributed by atoms with Crippen LogP contribution >= 0.6 is 15.9 Å². The lowest BCUT2D eigenvalue weighted by atomic mass is 9.91. The molecule has 1 heteroatoms. The highest BCUT2D eigenvalue weighted by atomic mass is 79.9. The van der Waals surface area contributed by atoms with Crippen molar-refractivity contribution < 1.29 is 0 Å². The minimum absolute atomic E-state index is 0.780. The Hall–Kier alpha value is 0.220. The van der Waals surface area contributed by atoms with Crippen LogP contribution in [0.15, 0.2) is 12.7 Å². The average molecular weight is 205 g/mol. The summed E-state index contributed by atoms with van der Waals surface area (Å²) < 4.78 is 0. The zero-order valence-electron chi connectivity index (χ0n) is 6.94. The first-order chi connectivity index (χ1) is 4.76. The average Bonchev–Trinajstić information content (AvgIpc) is 1.99. The van der Waals surface area contributed by atoms with Crippen LogP contribution in [-0.4, -0.2) is 5.33 Å². The third-order valence-electron chi connectivity index (χ3n) is 2.12. The van der Waals surface area contributed by atoms with E-state index < -0.39 is 0 Å². The Bertz CT molecular complexity index is 88.7. The summed E-state index contributed by atoms with van der Waals surface area (Å²) >= 11 is 3.51. The van der Waals surface area contributed by atoms with E-state index in [1.807, 2.05) is 6.08 Å².